The predicted molar refractivity (Wildman–Crippen MR) is 121 cm³/mol. The fraction of sp³-hybridized carbons (Fsp3) is 0.125. The van der Waals surface area contributed by atoms with E-state index in [0.717, 1.165) is 16.5 Å². The zero-order chi connectivity index (χ0) is 23.4. The molecule has 2 aromatic carbocycles. The molecule has 0 bridgehead atoms. The van der Waals surface area contributed by atoms with Crippen LogP contribution in [-0.4, -0.2) is 44.8 Å². The summed E-state index contributed by atoms with van der Waals surface area (Å²) in [4.78, 5) is 16.3. The molecule has 0 aliphatic carbocycles. The highest BCUT2D eigenvalue weighted by molar-refractivity contribution is 5.95. The number of aromatic nitrogens is 3. The Bertz CT molecular complexity index is 1420. The zero-order valence-electron chi connectivity index (χ0n) is 17.5. The van der Waals surface area contributed by atoms with Gasteiger partial charge in [-0.05, 0) is 48.0 Å². The lowest BCUT2D eigenvalue weighted by atomic mass is 10.1. The Morgan fingerprint density at radius 1 is 1.12 bits per heavy atom. The predicted octanol–water partition coefficient (Wildman–Crippen LogP) is 2.51. The summed E-state index contributed by atoms with van der Waals surface area (Å²) in [5, 5.41) is 33.2. The third-order valence-corrected chi connectivity index (χ3v) is 5.04. The number of amides is 1. The number of benzene rings is 2. The van der Waals surface area contributed by atoms with Crippen LogP contribution in [0.4, 0.5) is 4.39 Å². The van der Waals surface area contributed by atoms with Gasteiger partial charge in [-0.25, -0.2) is 9.07 Å². The highest BCUT2D eigenvalue weighted by atomic mass is 19.1. The zero-order valence-corrected chi connectivity index (χ0v) is 17.5. The van der Waals surface area contributed by atoms with Gasteiger partial charge in [-0.2, -0.15) is 5.10 Å². The van der Waals surface area contributed by atoms with E-state index in [1.165, 1.54) is 22.9 Å². The van der Waals surface area contributed by atoms with E-state index in [1.807, 2.05) is 30.3 Å². The Morgan fingerprint density at radius 2 is 1.97 bits per heavy atom. The minimum atomic E-state index is -0.730. The smallest absolute Gasteiger partial charge is 0.254 e. The number of carbonyl (C=O) groups is 1. The van der Waals surface area contributed by atoms with Gasteiger partial charge in [0.05, 0.1) is 23.4 Å². The lowest BCUT2D eigenvalue weighted by Gasteiger charge is -2.11. The molecular weight excluding hydrogens is 423 g/mol. The van der Waals surface area contributed by atoms with Gasteiger partial charge in [0.1, 0.15) is 17.1 Å². The van der Waals surface area contributed by atoms with Crippen molar-refractivity contribution in [2.24, 2.45) is 0 Å². The van der Waals surface area contributed by atoms with Crippen LogP contribution < -0.4 is 10.8 Å². The van der Waals surface area contributed by atoms with Crippen molar-refractivity contribution in [1.82, 2.24) is 20.1 Å². The normalized spacial score (nSPS) is 10.8. The number of pyridine rings is 1. The molecule has 4 rings (SSSR count). The fourth-order valence-electron chi connectivity index (χ4n) is 3.41. The number of rotatable bonds is 6. The Balaban J connectivity index is 1.59. The van der Waals surface area contributed by atoms with E-state index >= 15 is 0 Å². The average Bonchev–Trinajstić information content (AvgIpc) is 2.82. The van der Waals surface area contributed by atoms with Crippen LogP contribution in [0, 0.1) is 16.6 Å². The molecule has 0 atom stereocenters. The molecule has 0 aliphatic rings. The molecule has 0 aliphatic heterocycles. The summed E-state index contributed by atoms with van der Waals surface area (Å²) in [6, 6.07) is 16.6. The van der Waals surface area contributed by atoms with Gasteiger partial charge < -0.3 is 10.4 Å². The number of hydrogen-bond donors (Lipinski definition) is 4. The van der Waals surface area contributed by atoms with Crippen LogP contribution in [-0.2, 0) is 6.42 Å². The van der Waals surface area contributed by atoms with Gasteiger partial charge >= 0.3 is 0 Å². The van der Waals surface area contributed by atoms with E-state index in [9.17, 15) is 9.18 Å². The summed E-state index contributed by atoms with van der Waals surface area (Å²) in [5.41, 5.74) is 2.38. The highest BCUT2D eigenvalue weighted by Crippen LogP contribution is 2.20. The van der Waals surface area contributed by atoms with Gasteiger partial charge in [0.2, 0.25) is 0 Å². The quantitative estimate of drug-likeness (QED) is 0.269. The van der Waals surface area contributed by atoms with Gasteiger partial charge in [-0.3, -0.25) is 20.6 Å². The van der Waals surface area contributed by atoms with Crippen molar-refractivity contribution >= 4 is 22.6 Å². The third kappa shape index (κ3) is 4.83. The molecule has 2 heterocycles. The molecule has 0 fully saturated rings. The second-order valence-electron chi connectivity index (χ2n) is 7.34. The summed E-state index contributed by atoms with van der Waals surface area (Å²) >= 11 is 0. The summed E-state index contributed by atoms with van der Waals surface area (Å²) in [6.07, 6.45) is 1.97. The number of hydrogen-bond acceptors (Lipinski definition) is 6. The van der Waals surface area contributed by atoms with Gasteiger partial charge in [0.25, 0.3) is 5.91 Å². The van der Waals surface area contributed by atoms with Crippen molar-refractivity contribution in [3.05, 3.63) is 89.3 Å². The molecular formula is C24H21FN6O2. The number of halogens is 1. The van der Waals surface area contributed by atoms with Crippen LogP contribution in [0.2, 0.25) is 0 Å². The van der Waals surface area contributed by atoms with Crippen molar-refractivity contribution in [2.75, 3.05) is 13.2 Å². The number of aliphatic hydroxyl groups is 1. The lowest BCUT2D eigenvalue weighted by Crippen LogP contribution is -2.30. The molecule has 166 valence electrons. The van der Waals surface area contributed by atoms with Gasteiger partial charge in [0, 0.05) is 30.1 Å². The topological polar surface area (TPSA) is 128 Å². The van der Waals surface area contributed by atoms with Crippen molar-refractivity contribution in [2.45, 2.75) is 6.42 Å². The second kappa shape index (κ2) is 9.49. The highest BCUT2D eigenvalue weighted by Gasteiger charge is 2.14. The molecule has 9 heteroatoms. The first-order chi connectivity index (χ1) is 16.0. The van der Waals surface area contributed by atoms with E-state index in [-0.39, 0.29) is 36.5 Å². The van der Waals surface area contributed by atoms with E-state index in [1.54, 1.807) is 18.3 Å². The minimum absolute atomic E-state index is 0.0201. The monoisotopic (exact) mass is 444 g/mol. The number of carbonyl (C=O) groups excluding carboxylic acids is 1. The largest absolute Gasteiger partial charge is 0.395 e. The van der Waals surface area contributed by atoms with Gasteiger partial charge in [0.15, 0.2) is 0 Å². The molecule has 8 nitrogen and oxygen atoms in total. The lowest BCUT2D eigenvalue weighted by molar-refractivity contribution is 0.0940. The maximum absolute atomic E-state index is 14.5. The SMILES string of the molecule is N=C(Cc1ccc2ncccc2c1)n1nc(-c2ccc(C(=O)NCCO)c(F)c2)ccc1=N. The van der Waals surface area contributed by atoms with Gasteiger partial charge in [-0.1, -0.05) is 18.2 Å². The average molecular weight is 444 g/mol. The standard InChI is InChI=1S/C24H21FN6O2/c25-19-14-17(4-5-18(19)24(33)29-10-11-32)21-7-8-22(26)31(30-21)23(27)13-15-3-6-20-16(12-15)2-1-9-28-20/h1-9,12,14,26-27,32H,10-11,13H2,(H,29,33). The number of fused-ring (bicyclic) bond motifs is 1. The number of nitrogens with zero attached hydrogens (tertiary/aromatic N) is 3. The van der Waals surface area contributed by atoms with Crippen LogP contribution >= 0.6 is 0 Å². The van der Waals surface area contributed by atoms with Crippen LogP contribution in [0.15, 0.2) is 66.9 Å². The van der Waals surface area contributed by atoms with Crippen molar-refractivity contribution in [1.29, 1.82) is 10.8 Å². The summed E-state index contributed by atoms with van der Waals surface area (Å²) in [5.74, 6) is -1.26. The second-order valence-corrected chi connectivity index (χ2v) is 7.34. The third-order valence-electron chi connectivity index (χ3n) is 5.04. The van der Waals surface area contributed by atoms with Crippen LogP contribution in [0.5, 0.6) is 0 Å². The summed E-state index contributed by atoms with van der Waals surface area (Å²) in [7, 11) is 0. The molecule has 0 unspecified atom stereocenters. The Morgan fingerprint density at radius 3 is 2.76 bits per heavy atom. The molecule has 0 spiro atoms. The Hall–Kier alpha value is -4.24. The van der Waals surface area contributed by atoms with E-state index < -0.39 is 11.7 Å². The number of nitrogens with one attached hydrogen (secondary N) is 3. The Kier molecular flexibility index (Phi) is 6.32. The molecule has 0 radical (unpaired) electrons. The first kappa shape index (κ1) is 22.0. The fourth-order valence-corrected chi connectivity index (χ4v) is 3.41. The van der Waals surface area contributed by atoms with Crippen LogP contribution in [0.1, 0.15) is 15.9 Å². The molecule has 4 N–H and O–H groups in total. The van der Waals surface area contributed by atoms with Crippen molar-refractivity contribution < 1.29 is 14.3 Å². The van der Waals surface area contributed by atoms with Gasteiger partial charge in [-0.15, -0.1) is 0 Å². The summed E-state index contributed by atoms with van der Waals surface area (Å²) < 4.78 is 15.7. The molecule has 2 aromatic heterocycles. The van der Waals surface area contributed by atoms with E-state index in [0.29, 0.717) is 11.3 Å². The van der Waals surface area contributed by atoms with E-state index in [4.69, 9.17) is 15.9 Å². The van der Waals surface area contributed by atoms with Crippen molar-refractivity contribution in [3.63, 3.8) is 0 Å². The van der Waals surface area contributed by atoms with Crippen LogP contribution in [0.3, 0.4) is 0 Å². The van der Waals surface area contributed by atoms with E-state index in [2.05, 4.69) is 15.4 Å². The first-order valence-corrected chi connectivity index (χ1v) is 10.2. The van der Waals surface area contributed by atoms with Crippen molar-refractivity contribution in [3.8, 4) is 11.3 Å². The first-order valence-electron chi connectivity index (χ1n) is 10.2. The minimum Gasteiger partial charge on any atom is -0.395 e. The summed E-state index contributed by atoms with van der Waals surface area (Å²) in [6.45, 7) is -0.209. The Labute approximate surface area is 188 Å². The molecule has 0 saturated heterocycles. The maximum atomic E-state index is 14.5. The molecule has 0 saturated carbocycles. The van der Waals surface area contributed by atoms with Crippen LogP contribution in [0.25, 0.3) is 22.2 Å². The maximum Gasteiger partial charge on any atom is 0.254 e. The molecule has 1 amide bonds. The molecule has 4 aromatic rings. The molecule has 33 heavy (non-hydrogen) atoms. The number of aliphatic hydroxyl groups excluding tert-OH is 1.